The molecule has 3 N–H and O–H groups in total. The number of rotatable bonds is 4. The van der Waals surface area contributed by atoms with Crippen LogP contribution < -0.4 is 20.7 Å². The molecular weight excluding hydrogens is 306 g/mol. The normalized spacial score (nSPS) is 16.0. The summed E-state index contributed by atoms with van der Waals surface area (Å²) in [4.78, 5) is 25.8. The highest BCUT2D eigenvalue weighted by molar-refractivity contribution is 6.03. The molecule has 124 valence electrons. The Labute approximate surface area is 140 Å². The number of amides is 2. The molecule has 0 aromatic heterocycles. The zero-order valence-corrected chi connectivity index (χ0v) is 13.4. The Bertz CT molecular complexity index is 776. The van der Waals surface area contributed by atoms with Gasteiger partial charge in [0.1, 0.15) is 11.9 Å². The molecule has 1 heterocycles. The molecule has 0 unspecified atom stereocenters. The SMILES string of the molecule is C[C@@H]1CN(CC(=O)Nc2ccccc2C(N)=O)c2ccccc2O1. The second-order valence-corrected chi connectivity index (χ2v) is 5.73. The van der Waals surface area contributed by atoms with Crippen LogP contribution in [0, 0.1) is 0 Å². The molecule has 0 fully saturated rings. The molecule has 1 aliphatic heterocycles. The first-order chi connectivity index (χ1) is 11.5. The van der Waals surface area contributed by atoms with Gasteiger partial charge in [0.15, 0.2) is 0 Å². The Hall–Kier alpha value is -3.02. The minimum atomic E-state index is -0.573. The number of nitrogens with zero attached hydrogens (tertiary/aromatic N) is 1. The van der Waals surface area contributed by atoms with Crippen LogP contribution in [0.4, 0.5) is 11.4 Å². The van der Waals surface area contributed by atoms with Crippen molar-refractivity contribution < 1.29 is 14.3 Å². The number of fused-ring (bicyclic) bond motifs is 1. The third-order valence-electron chi connectivity index (χ3n) is 3.81. The van der Waals surface area contributed by atoms with E-state index in [2.05, 4.69) is 5.32 Å². The van der Waals surface area contributed by atoms with Crippen molar-refractivity contribution in [3.8, 4) is 5.75 Å². The Morgan fingerprint density at radius 3 is 2.71 bits per heavy atom. The van der Waals surface area contributed by atoms with Gasteiger partial charge < -0.3 is 20.7 Å². The van der Waals surface area contributed by atoms with E-state index in [0.717, 1.165) is 11.4 Å². The number of primary amides is 1. The summed E-state index contributed by atoms with van der Waals surface area (Å²) < 4.78 is 5.78. The highest BCUT2D eigenvalue weighted by atomic mass is 16.5. The van der Waals surface area contributed by atoms with Crippen molar-refractivity contribution in [3.05, 3.63) is 54.1 Å². The number of carbonyl (C=O) groups is 2. The molecule has 0 saturated heterocycles. The molecule has 3 rings (SSSR count). The molecule has 2 amide bonds. The van der Waals surface area contributed by atoms with Crippen LogP contribution >= 0.6 is 0 Å². The van der Waals surface area contributed by atoms with Gasteiger partial charge in [-0.15, -0.1) is 0 Å². The van der Waals surface area contributed by atoms with Crippen molar-refractivity contribution in [2.45, 2.75) is 13.0 Å². The van der Waals surface area contributed by atoms with Gasteiger partial charge in [-0.25, -0.2) is 0 Å². The quantitative estimate of drug-likeness (QED) is 0.900. The highest BCUT2D eigenvalue weighted by Gasteiger charge is 2.24. The maximum atomic E-state index is 12.4. The zero-order valence-electron chi connectivity index (χ0n) is 13.4. The fourth-order valence-electron chi connectivity index (χ4n) is 2.80. The van der Waals surface area contributed by atoms with Gasteiger partial charge in [-0.05, 0) is 31.2 Å². The van der Waals surface area contributed by atoms with E-state index in [1.165, 1.54) is 0 Å². The molecule has 6 heteroatoms. The summed E-state index contributed by atoms with van der Waals surface area (Å²) in [6, 6.07) is 14.3. The lowest BCUT2D eigenvalue weighted by Crippen LogP contribution is -2.42. The summed E-state index contributed by atoms with van der Waals surface area (Å²) in [5, 5.41) is 2.76. The standard InChI is InChI=1S/C18H19N3O3/c1-12-10-21(15-8-4-5-9-16(15)24-12)11-17(22)20-14-7-3-2-6-13(14)18(19)23/h2-9,12H,10-11H2,1H3,(H2,19,23)(H,20,22)/t12-/m1/s1. The van der Waals surface area contributed by atoms with Crippen LogP contribution in [0.15, 0.2) is 48.5 Å². The van der Waals surface area contributed by atoms with Crippen LogP contribution in [0.3, 0.4) is 0 Å². The molecule has 0 aliphatic carbocycles. The van der Waals surface area contributed by atoms with Crippen LogP contribution in [-0.2, 0) is 4.79 Å². The van der Waals surface area contributed by atoms with E-state index >= 15 is 0 Å². The predicted octanol–water partition coefficient (Wildman–Crippen LogP) is 2.01. The van der Waals surface area contributed by atoms with Gasteiger partial charge in [0.05, 0.1) is 30.0 Å². The summed E-state index contributed by atoms with van der Waals surface area (Å²) in [5.41, 5.74) is 6.94. The molecule has 0 bridgehead atoms. The number of carbonyl (C=O) groups excluding carboxylic acids is 2. The molecule has 2 aromatic rings. The maximum Gasteiger partial charge on any atom is 0.250 e. The topological polar surface area (TPSA) is 84.7 Å². The van der Waals surface area contributed by atoms with Crippen LogP contribution in [0.2, 0.25) is 0 Å². The zero-order chi connectivity index (χ0) is 17.1. The van der Waals surface area contributed by atoms with E-state index in [1.807, 2.05) is 36.1 Å². The monoisotopic (exact) mass is 325 g/mol. The average molecular weight is 325 g/mol. The van der Waals surface area contributed by atoms with Gasteiger partial charge >= 0.3 is 0 Å². The first-order valence-corrected chi connectivity index (χ1v) is 7.74. The molecule has 6 nitrogen and oxygen atoms in total. The number of hydrogen-bond donors (Lipinski definition) is 2. The lowest BCUT2D eigenvalue weighted by atomic mass is 10.1. The van der Waals surface area contributed by atoms with Crippen molar-refractivity contribution in [1.29, 1.82) is 0 Å². The molecule has 2 aromatic carbocycles. The second kappa shape index (κ2) is 6.62. The maximum absolute atomic E-state index is 12.4. The van der Waals surface area contributed by atoms with Crippen LogP contribution in [0.5, 0.6) is 5.75 Å². The van der Waals surface area contributed by atoms with Gasteiger partial charge in [-0.1, -0.05) is 24.3 Å². The van der Waals surface area contributed by atoms with Gasteiger partial charge in [0.25, 0.3) is 5.91 Å². The van der Waals surface area contributed by atoms with Gasteiger partial charge in [0.2, 0.25) is 5.91 Å². The van der Waals surface area contributed by atoms with E-state index in [-0.39, 0.29) is 18.6 Å². The van der Waals surface area contributed by atoms with Crippen molar-refractivity contribution in [2.24, 2.45) is 5.73 Å². The van der Waals surface area contributed by atoms with Crippen LogP contribution in [0.25, 0.3) is 0 Å². The van der Waals surface area contributed by atoms with Gasteiger partial charge in [0, 0.05) is 0 Å². The number of benzene rings is 2. The minimum Gasteiger partial charge on any atom is -0.487 e. The summed E-state index contributed by atoms with van der Waals surface area (Å²) in [6.45, 7) is 2.74. The van der Waals surface area contributed by atoms with E-state index in [1.54, 1.807) is 24.3 Å². The Balaban J connectivity index is 1.75. The summed E-state index contributed by atoms with van der Waals surface area (Å²) in [7, 11) is 0. The molecule has 1 atom stereocenters. The fraction of sp³-hybridized carbons (Fsp3) is 0.222. The summed E-state index contributed by atoms with van der Waals surface area (Å²) in [6.07, 6.45) is -0.00870. The van der Waals surface area contributed by atoms with E-state index in [9.17, 15) is 9.59 Å². The average Bonchev–Trinajstić information content (AvgIpc) is 2.55. The Morgan fingerprint density at radius 2 is 1.92 bits per heavy atom. The number of nitrogens with two attached hydrogens (primary N) is 1. The molecule has 0 radical (unpaired) electrons. The number of anilines is 2. The van der Waals surface area contributed by atoms with E-state index in [4.69, 9.17) is 10.5 Å². The lowest BCUT2D eigenvalue weighted by Gasteiger charge is -2.34. The third kappa shape index (κ3) is 3.32. The van der Waals surface area contributed by atoms with Gasteiger partial charge in [-0.3, -0.25) is 9.59 Å². The molecule has 1 aliphatic rings. The van der Waals surface area contributed by atoms with E-state index < -0.39 is 5.91 Å². The Kier molecular flexibility index (Phi) is 4.37. The van der Waals surface area contributed by atoms with Gasteiger partial charge in [-0.2, -0.15) is 0 Å². The molecule has 0 spiro atoms. The first-order valence-electron chi connectivity index (χ1n) is 7.74. The lowest BCUT2D eigenvalue weighted by molar-refractivity contribution is -0.115. The molecule has 24 heavy (non-hydrogen) atoms. The van der Waals surface area contributed by atoms with Crippen LogP contribution in [-0.4, -0.2) is 31.0 Å². The molecule has 0 saturated carbocycles. The van der Waals surface area contributed by atoms with Crippen molar-refractivity contribution in [1.82, 2.24) is 0 Å². The predicted molar refractivity (Wildman–Crippen MR) is 92.3 cm³/mol. The number of nitrogens with one attached hydrogen (secondary N) is 1. The van der Waals surface area contributed by atoms with Crippen LogP contribution in [0.1, 0.15) is 17.3 Å². The Morgan fingerprint density at radius 1 is 1.21 bits per heavy atom. The summed E-state index contributed by atoms with van der Waals surface area (Å²) in [5.74, 6) is -0.0228. The largest absolute Gasteiger partial charge is 0.487 e. The molecular formula is C18H19N3O3. The third-order valence-corrected chi connectivity index (χ3v) is 3.81. The van der Waals surface area contributed by atoms with E-state index in [0.29, 0.717) is 17.8 Å². The van der Waals surface area contributed by atoms with Crippen molar-refractivity contribution in [3.63, 3.8) is 0 Å². The number of para-hydroxylation sites is 3. The first kappa shape index (κ1) is 15.9. The fourth-order valence-corrected chi connectivity index (χ4v) is 2.80. The minimum absolute atomic E-state index is 0.00870. The van der Waals surface area contributed by atoms with Crippen molar-refractivity contribution >= 4 is 23.2 Å². The van der Waals surface area contributed by atoms with Crippen molar-refractivity contribution in [2.75, 3.05) is 23.3 Å². The summed E-state index contributed by atoms with van der Waals surface area (Å²) >= 11 is 0. The number of hydrogen-bond acceptors (Lipinski definition) is 4. The smallest absolute Gasteiger partial charge is 0.250 e. The highest BCUT2D eigenvalue weighted by Crippen LogP contribution is 2.32. The number of ether oxygens (including phenoxy) is 1. The second-order valence-electron chi connectivity index (χ2n) is 5.73.